The number of carbonyl (C=O) groups is 2. The number of nitrogens with one attached hydrogen (secondary N) is 2. The van der Waals surface area contributed by atoms with Gasteiger partial charge in [0.15, 0.2) is 0 Å². The lowest BCUT2D eigenvalue weighted by molar-refractivity contribution is -0.119. The van der Waals surface area contributed by atoms with Crippen molar-refractivity contribution in [2.45, 2.75) is 18.1 Å². The predicted octanol–water partition coefficient (Wildman–Crippen LogP) is 4.00. The number of rotatable bonds is 3. The summed E-state index contributed by atoms with van der Waals surface area (Å²) in [5, 5.41) is 14.1. The standard InChI is InChI=1S/C20H17BrN4O2S/c1-11-2-8-14(9-3-11)24-20(27)25-19(26)17-16(15(10-22)18(23)28-17)12-4-6-13(21)7-5-12/h2-9,16-17H,23H2,1H3,(H2,24,25,26,27)/t16-,17-/m1/s1. The first-order valence-electron chi connectivity index (χ1n) is 8.39. The number of halogens is 1. The summed E-state index contributed by atoms with van der Waals surface area (Å²) in [6, 6.07) is 16.0. The summed E-state index contributed by atoms with van der Waals surface area (Å²) in [6.07, 6.45) is 0. The molecule has 0 saturated heterocycles. The first kappa shape index (κ1) is 20.0. The van der Waals surface area contributed by atoms with Crippen molar-refractivity contribution in [3.05, 3.63) is 74.7 Å². The fraction of sp³-hybridized carbons (Fsp3) is 0.150. The number of urea groups is 1. The van der Waals surface area contributed by atoms with E-state index in [9.17, 15) is 14.9 Å². The first-order chi connectivity index (χ1) is 13.4. The van der Waals surface area contributed by atoms with Gasteiger partial charge in [-0.15, -0.1) is 0 Å². The zero-order chi connectivity index (χ0) is 20.3. The molecule has 0 aromatic heterocycles. The molecule has 4 N–H and O–H groups in total. The van der Waals surface area contributed by atoms with Crippen LogP contribution in [-0.4, -0.2) is 17.2 Å². The number of amides is 3. The van der Waals surface area contributed by atoms with Crippen LogP contribution in [0.15, 0.2) is 63.6 Å². The van der Waals surface area contributed by atoms with Crippen molar-refractivity contribution in [3.8, 4) is 6.07 Å². The molecule has 2 atom stereocenters. The Kier molecular flexibility index (Phi) is 6.07. The van der Waals surface area contributed by atoms with Crippen LogP contribution in [0.5, 0.6) is 0 Å². The first-order valence-corrected chi connectivity index (χ1v) is 10.1. The third kappa shape index (κ3) is 4.38. The number of aryl methyl sites for hydroxylation is 1. The minimum absolute atomic E-state index is 0.300. The molecule has 3 amide bonds. The topological polar surface area (TPSA) is 108 Å². The van der Waals surface area contributed by atoms with Crippen LogP contribution in [-0.2, 0) is 4.79 Å². The van der Waals surface area contributed by atoms with E-state index in [0.29, 0.717) is 16.3 Å². The number of nitrogens with two attached hydrogens (primary N) is 1. The summed E-state index contributed by atoms with van der Waals surface area (Å²) in [7, 11) is 0. The normalized spacial score (nSPS) is 18.5. The van der Waals surface area contributed by atoms with Crippen molar-refractivity contribution in [2.75, 3.05) is 5.32 Å². The van der Waals surface area contributed by atoms with Gasteiger partial charge < -0.3 is 11.1 Å². The zero-order valence-corrected chi connectivity index (χ0v) is 17.3. The average Bonchev–Trinajstić information content (AvgIpc) is 3.00. The molecule has 0 fully saturated rings. The van der Waals surface area contributed by atoms with Crippen molar-refractivity contribution < 1.29 is 9.59 Å². The van der Waals surface area contributed by atoms with Gasteiger partial charge in [-0.1, -0.05) is 57.5 Å². The predicted molar refractivity (Wildman–Crippen MR) is 113 cm³/mol. The largest absolute Gasteiger partial charge is 0.393 e. The van der Waals surface area contributed by atoms with Crippen molar-refractivity contribution in [2.24, 2.45) is 5.73 Å². The van der Waals surface area contributed by atoms with Gasteiger partial charge in [0.1, 0.15) is 5.25 Å². The van der Waals surface area contributed by atoms with Gasteiger partial charge >= 0.3 is 6.03 Å². The molecule has 0 bridgehead atoms. The molecule has 0 saturated carbocycles. The molecule has 2 aromatic rings. The van der Waals surface area contributed by atoms with E-state index >= 15 is 0 Å². The molecule has 1 aliphatic rings. The van der Waals surface area contributed by atoms with Crippen LogP contribution in [0.25, 0.3) is 0 Å². The number of nitrogens with zero attached hydrogens (tertiary/aromatic N) is 1. The van der Waals surface area contributed by atoms with Crippen LogP contribution in [0.2, 0.25) is 0 Å². The Morgan fingerprint density at radius 2 is 1.79 bits per heavy atom. The number of hydrogen-bond donors (Lipinski definition) is 3. The molecule has 0 spiro atoms. The quantitative estimate of drug-likeness (QED) is 0.646. The Morgan fingerprint density at radius 1 is 1.14 bits per heavy atom. The molecule has 1 heterocycles. The second kappa shape index (κ2) is 8.50. The van der Waals surface area contributed by atoms with Crippen LogP contribution >= 0.6 is 27.7 Å². The van der Waals surface area contributed by atoms with Crippen LogP contribution in [0, 0.1) is 18.3 Å². The van der Waals surface area contributed by atoms with E-state index in [-0.39, 0.29) is 0 Å². The number of carbonyl (C=O) groups excluding carboxylic acids is 2. The molecular formula is C20H17BrN4O2S. The number of thioether (sulfide) groups is 1. The van der Waals surface area contributed by atoms with Gasteiger partial charge in [0.25, 0.3) is 0 Å². The Morgan fingerprint density at radius 3 is 2.39 bits per heavy atom. The fourth-order valence-electron chi connectivity index (χ4n) is 2.90. The summed E-state index contributed by atoms with van der Waals surface area (Å²) in [6.45, 7) is 1.94. The van der Waals surface area contributed by atoms with E-state index < -0.39 is 23.1 Å². The molecule has 1 aliphatic heterocycles. The summed E-state index contributed by atoms with van der Waals surface area (Å²) < 4.78 is 0.885. The third-order valence-electron chi connectivity index (χ3n) is 4.29. The van der Waals surface area contributed by atoms with Crippen LogP contribution in [0.3, 0.4) is 0 Å². The average molecular weight is 457 g/mol. The van der Waals surface area contributed by atoms with Crippen LogP contribution in [0.4, 0.5) is 10.5 Å². The lowest BCUT2D eigenvalue weighted by atomic mass is 9.89. The van der Waals surface area contributed by atoms with E-state index in [0.717, 1.165) is 27.4 Å². The van der Waals surface area contributed by atoms with Gasteiger partial charge in [0.2, 0.25) is 5.91 Å². The number of allylic oxidation sites excluding steroid dienone is 1. The van der Waals surface area contributed by atoms with E-state index in [1.54, 1.807) is 12.1 Å². The van der Waals surface area contributed by atoms with Crippen LogP contribution < -0.4 is 16.4 Å². The lowest BCUT2D eigenvalue weighted by Gasteiger charge is -2.19. The number of hydrogen-bond acceptors (Lipinski definition) is 5. The van der Waals surface area contributed by atoms with Gasteiger partial charge in [-0.25, -0.2) is 4.79 Å². The minimum atomic E-state index is -0.709. The minimum Gasteiger partial charge on any atom is -0.393 e. The SMILES string of the molecule is Cc1ccc(NC(=O)NC(=O)[C@@H]2SC(N)=C(C#N)[C@H]2c2ccc(Br)cc2)cc1. The van der Waals surface area contributed by atoms with E-state index in [1.807, 2.05) is 43.3 Å². The Balaban J connectivity index is 1.76. The van der Waals surface area contributed by atoms with E-state index in [1.165, 1.54) is 0 Å². The fourth-order valence-corrected chi connectivity index (χ4v) is 4.33. The van der Waals surface area contributed by atoms with Crippen molar-refractivity contribution >= 4 is 45.3 Å². The number of nitriles is 1. The summed E-state index contributed by atoms with van der Waals surface area (Å²) in [5.74, 6) is -1.02. The monoisotopic (exact) mass is 456 g/mol. The Hall–Kier alpha value is -2.76. The van der Waals surface area contributed by atoms with Gasteiger partial charge in [0, 0.05) is 16.1 Å². The maximum absolute atomic E-state index is 12.8. The van der Waals surface area contributed by atoms with Crippen LogP contribution in [0.1, 0.15) is 17.0 Å². The summed E-state index contributed by atoms with van der Waals surface area (Å²) in [4.78, 5) is 25.0. The van der Waals surface area contributed by atoms with Crippen molar-refractivity contribution in [1.82, 2.24) is 5.32 Å². The molecule has 0 unspecified atom stereocenters. The molecule has 3 rings (SSSR count). The molecule has 0 radical (unpaired) electrons. The molecule has 2 aromatic carbocycles. The molecule has 0 aliphatic carbocycles. The highest BCUT2D eigenvalue weighted by Crippen LogP contribution is 2.45. The smallest absolute Gasteiger partial charge is 0.325 e. The van der Waals surface area contributed by atoms with Gasteiger partial charge in [-0.2, -0.15) is 5.26 Å². The maximum atomic E-state index is 12.8. The molecule has 142 valence electrons. The Labute approximate surface area is 175 Å². The highest BCUT2D eigenvalue weighted by molar-refractivity contribution is 9.10. The van der Waals surface area contributed by atoms with E-state index in [2.05, 4.69) is 32.6 Å². The third-order valence-corrected chi connectivity index (χ3v) is 6.03. The van der Waals surface area contributed by atoms with Gasteiger partial charge in [-0.3, -0.25) is 10.1 Å². The molecule has 28 heavy (non-hydrogen) atoms. The Bertz CT molecular complexity index is 981. The molecule has 8 heteroatoms. The van der Waals surface area contributed by atoms with Gasteiger partial charge in [-0.05, 0) is 36.8 Å². The summed E-state index contributed by atoms with van der Waals surface area (Å²) >= 11 is 4.47. The molecular weight excluding hydrogens is 440 g/mol. The maximum Gasteiger partial charge on any atom is 0.325 e. The summed E-state index contributed by atoms with van der Waals surface area (Å²) in [5.41, 5.74) is 8.74. The number of imide groups is 1. The van der Waals surface area contributed by atoms with Gasteiger partial charge in [0.05, 0.1) is 16.7 Å². The molecule has 6 nitrogen and oxygen atoms in total. The highest BCUT2D eigenvalue weighted by atomic mass is 79.9. The highest BCUT2D eigenvalue weighted by Gasteiger charge is 2.41. The number of anilines is 1. The van der Waals surface area contributed by atoms with E-state index in [4.69, 9.17) is 5.73 Å². The van der Waals surface area contributed by atoms with Crippen molar-refractivity contribution in [3.63, 3.8) is 0 Å². The number of benzene rings is 2. The lowest BCUT2D eigenvalue weighted by Crippen LogP contribution is -2.41. The van der Waals surface area contributed by atoms with Crippen molar-refractivity contribution in [1.29, 1.82) is 5.26 Å². The second-order valence-corrected chi connectivity index (χ2v) is 8.37. The second-order valence-electron chi connectivity index (χ2n) is 6.27. The zero-order valence-electron chi connectivity index (χ0n) is 14.9.